The number of aromatic nitrogens is 1. The zero-order chi connectivity index (χ0) is 27.1. The monoisotopic (exact) mass is 515 g/mol. The molecule has 0 atom stereocenters. The number of halogens is 3. The minimum atomic E-state index is -5.21. The first-order chi connectivity index (χ1) is 17.5. The Bertz CT molecular complexity index is 1400. The van der Waals surface area contributed by atoms with Gasteiger partial charge in [-0.3, -0.25) is 23.9 Å². The Balaban J connectivity index is 1.85. The fourth-order valence-corrected chi connectivity index (χ4v) is 4.85. The number of benzene rings is 1. The molecule has 12 heteroatoms. The van der Waals surface area contributed by atoms with Gasteiger partial charge in [0.25, 0.3) is 17.4 Å². The summed E-state index contributed by atoms with van der Waals surface area (Å²) in [5.41, 5.74) is -5.58. The highest BCUT2D eigenvalue weighted by Gasteiger charge is 2.43. The Kier molecular flexibility index (Phi) is 6.90. The fraction of sp³-hybridized carbons (Fsp3) is 0.440. The van der Waals surface area contributed by atoms with Crippen molar-refractivity contribution in [3.8, 4) is 11.9 Å². The molecule has 4 rings (SSSR count). The van der Waals surface area contributed by atoms with Crippen LogP contribution < -0.4 is 5.56 Å². The summed E-state index contributed by atoms with van der Waals surface area (Å²) in [6.07, 6.45) is -1.14. The van der Waals surface area contributed by atoms with Gasteiger partial charge in [0.2, 0.25) is 5.88 Å². The molecule has 2 aliphatic rings. The standard InChI is InChI=1S/C25H24F3N5O4/c1-13(2)12-32-21(34)16(11-29)19(25(26,27)28)20(24(32)37)31-30-17-10-6-9-15-18(17)23(36)33(22(15)35)14-7-4-3-5-8-14/h6,9-10,13-14,34H,3-5,7-8,12H2,1-2H3. The predicted molar refractivity (Wildman–Crippen MR) is 125 cm³/mol. The molecule has 1 aliphatic heterocycles. The van der Waals surface area contributed by atoms with E-state index in [0.29, 0.717) is 17.4 Å². The van der Waals surface area contributed by atoms with Gasteiger partial charge in [0.15, 0.2) is 5.69 Å². The molecule has 1 saturated carbocycles. The second-order valence-corrected chi connectivity index (χ2v) is 9.51. The molecule has 0 spiro atoms. The van der Waals surface area contributed by atoms with Crippen LogP contribution in [-0.4, -0.2) is 32.4 Å². The Hall–Kier alpha value is -4.01. The SMILES string of the molecule is CC(C)Cn1c(O)c(C#N)c(C(F)(F)F)c(N=Nc2cccc3c2C(=O)N(C2CCCCC2)C3=O)c1=O. The number of alkyl halides is 3. The molecule has 1 aromatic heterocycles. The van der Waals surface area contributed by atoms with Crippen LogP contribution in [0, 0.1) is 17.2 Å². The van der Waals surface area contributed by atoms with Crippen LogP contribution in [0.25, 0.3) is 0 Å². The summed E-state index contributed by atoms with van der Waals surface area (Å²) in [6.45, 7) is 3.17. The van der Waals surface area contributed by atoms with Gasteiger partial charge in [-0.15, -0.1) is 10.2 Å². The number of aromatic hydroxyl groups is 1. The van der Waals surface area contributed by atoms with Gasteiger partial charge in [-0.05, 0) is 30.9 Å². The fourth-order valence-electron chi connectivity index (χ4n) is 4.85. The first-order valence-electron chi connectivity index (χ1n) is 11.9. The molecule has 2 heterocycles. The third kappa shape index (κ3) is 4.61. The summed E-state index contributed by atoms with van der Waals surface area (Å²) in [5.74, 6) is -2.49. The number of nitriles is 1. The van der Waals surface area contributed by atoms with Gasteiger partial charge in [-0.2, -0.15) is 18.4 Å². The van der Waals surface area contributed by atoms with Crippen molar-refractivity contribution in [1.82, 2.24) is 9.47 Å². The van der Waals surface area contributed by atoms with Gasteiger partial charge in [-0.1, -0.05) is 39.2 Å². The number of fused-ring (bicyclic) bond motifs is 1. The van der Waals surface area contributed by atoms with E-state index in [-0.39, 0.29) is 35.3 Å². The second kappa shape index (κ2) is 9.80. The van der Waals surface area contributed by atoms with Crippen LogP contribution in [0.1, 0.15) is 77.8 Å². The Morgan fingerprint density at radius 1 is 1.11 bits per heavy atom. The van der Waals surface area contributed by atoms with E-state index in [0.717, 1.165) is 19.3 Å². The lowest BCUT2D eigenvalue weighted by Crippen LogP contribution is -2.40. The molecule has 1 fully saturated rings. The molecule has 0 bridgehead atoms. The predicted octanol–water partition coefficient (Wildman–Crippen LogP) is 5.44. The molecule has 9 nitrogen and oxygen atoms in total. The number of carbonyl (C=O) groups is 2. The van der Waals surface area contributed by atoms with Crippen molar-refractivity contribution in [2.75, 3.05) is 0 Å². The molecular weight excluding hydrogens is 491 g/mol. The van der Waals surface area contributed by atoms with Gasteiger partial charge < -0.3 is 5.11 Å². The third-order valence-electron chi connectivity index (χ3n) is 6.48. The van der Waals surface area contributed by atoms with Crippen LogP contribution in [0.4, 0.5) is 24.5 Å². The number of imide groups is 1. The maximum Gasteiger partial charge on any atom is 0.420 e. The average Bonchev–Trinajstić information content (AvgIpc) is 3.11. The minimum Gasteiger partial charge on any atom is -0.493 e. The highest BCUT2D eigenvalue weighted by atomic mass is 19.4. The summed E-state index contributed by atoms with van der Waals surface area (Å²) < 4.78 is 42.5. The van der Waals surface area contributed by atoms with E-state index in [4.69, 9.17) is 0 Å². The molecule has 194 valence electrons. The van der Waals surface area contributed by atoms with Gasteiger partial charge >= 0.3 is 6.18 Å². The topological polar surface area (TPSA) is 128 Å². The highest BCUT2D eigenvalue weighted by molar-refractivity contribution is 6.23. The number of rotatable bonds is 5. The third-order valence-corrected chi connectivity index (χ3v) is 6.48. The Morgan fingerprint density at radius 2 is 1.78 bits per heavy atom. The maximum absolute atomic E-state index is 13.9. The van der Waals surface area contributed by atoms with Crippen LogP contribution in [0.5, 0.6) is 5.88 Å². The maximum atomic E-state index is 13.9. The number of pyridine rings is 1. The molecule has 0 saturated heterocycles. The quantitative estimate of drug-likeness (QED) is 0.419. The van der Waals surface area contributed by atoms with Crippen LogP contribution in [0.2, 0.25) is 0 Å². The number of amides is 2. The van der Waals surface area contributed by atoms with Crippen LogP contribution in [-0.2, 0) is 12.7 Å². The summed E-state index contributed by atoms with van der Waals surface area (Å²) in [7, 11) is 0. The lowest BCUT2D eigenvalue weighted by atomic mass is 9.94. The summed E-state index contributed by atoms with van der Waals surface area (Å²) >= 11 is 0. The first kappa shape index (κ1) is 26.1. The van der Waals surface area contributed by atoms with Gasteiger partial charge in [0, 0.05) is 12.6 Å². The summed E-state index contributed by atoms with van der Waals surface area (Å²) in [5, 5.41) is 27.0. The Morgan fingerprint density at radius 3 is 2.38 bits per heavy atom. The normalized spacial score (nSPS) is 16.6. The highest BCUT2D eigenvalue weighted by Crippen LogP contribution is 2.41. The lowest BCUT2D eigenvalue weighted by molar-refractivity contribution is -0.137. The van der Waals surface area contributed by atoms with Crippen molar-refractivity contribution >= 4 is 23.2 Å². The molecule has 1 aromatic carbocycles. The van der Waals surface area contributed by atoms with E-state index in [1.165, 1.54) is 29.2 Å². The molecule has 0 radical (unpaired) electrons. The molecular formula is C25H24F3N5O4. The van der Waals surface area contributed by atoms with Crippen molar-refractivity contribution in [2.24, 2.45) is 16.1 Å². The van der Waals surface area contributed by atoms with Crippen molar-refractivity contribution < 1.29 is 27.9 Å². The molecule has 1 aliphatic carbocycles. The van der Waals surface area contributed by atoms with Crippen molar-refractivity contribution in [2.45, 2.75) is 64.7 Å². The van der Waals surface area contributed by atoms with Gasteiger partial charge in [0.1, 0.15) is 17.2 Å². The van der Waals surface area contributed by atoms with Crippen molar-refractivity contribution in [3.05, 3.63) is 50.8 Å². The van der Waals surface area contributed by atoms with Gasteiger partial charge in [-0.25, -0.2) is 0 Å². The van der Waals surface area contributed by atoms with Crippen LogP contribution in [0.15, 0.2) is 33.2 Å². The smallest absolute Gasteiger partial charge is 0.420 e. The first-order valence-corrected chi connectivity index (χ1v) is 11.9. The zero-order valence-electron chi connectivity index (χ0n) is 20.2. The van der Waals surface area contributed by atoms with Gasteiger partial charge in [0.05, 0.1) is 16.8 Å². The van der Waals surface area contributed by atoms with Crippen LogP contribution >= 0.6 is 0 Å². The minimum absolute atomic E-state index is 0.0590. The second-order valence-electron chi connectivity index (χ2n) is 9.51. The van der Waals surface area contributed by atoms with E-state index >= 15 is 0 Å². The van der Waals surface area contributed by atoms with E-state index < -0.39 is 46.2 Å². The molecule has 1 N–H and O–H groups in total. The van der Waals surface area contributed by atoms with E-state index in [9.17, 15) is 37.9 Å². The Labute approximate surface area is 209 Å². The lowest BCUT2D eigenvalue weighted by Gasteiger charge is -2.29. The number of hydrogen-bond donors (Lipinski definition) is 1. The van der Waals surface area contributed by atoms with Crippen molar-refractivity contribution in [1.29, 1.82) is 5.26 Å². The molecule has 0 unspecified atom stereocenters. The number of hydrogen-bond acceptors (Lipinski definition) is 7. The van der Waals surface area contributed by atoms with Crippen LogP contribution in [0.3, 0.4) is 0 Å². The largest absolute Gasteiger partial charge is 0.493 e. The van der Waals surface area contributed by atoms with E-state index in [2.05, 4.69) is 10.2 Å². The number of carbonyl (C=O) groups excluding carboxylic acids is 2. The van der Waals surface area contributed by atoms with Crippen molar-refractivity contribution in [3.63, 3.8) is 0 Å². The average molecular weight is 515 g/mol. The summed E-state index contributed by atoms with van der Waals surface area (Å²) in [4.78, 5) is 40.4. The molecule has 37 heavy (non-hydrogen) atoms. The summed E-state index contributed by atoms with van der Waals surface area (Å²) in [6, 6.07) is 5.19. The number of nitrogens with zero attached hydrogens (tertiary/aromatic N) is 5. The molecule has 2 aromatic rings. The molecule has 2 amide bonds. The van der Waals surface area contributed by atoms with E-state index in [1.54, 1.807) is 13.8 Å². The zero-order valence-corrected chi connectivity index (χ0v) is 20.2. The number of azo groups is 1. The van der Waals surface area contributed by atoms with E-state index in [1.807, 2.05) is 0 Å².